The van der Waals surface area contributed by atoms with E-state index in [1.54, 1.807) is 18.2 Å². The Morgan fingerprint density at radius 1 is 1.23 bits per heavy atom. The highest BCUT2D eigenvalue weighted by molar-refractivity contribution is 7.99. The van der Waals surface area contributed by atoms with Crippen LogP contribution in [0.4, 0.5) is 14.5 Å². The number of hydrogen-bond acceptors (Lipinski definition) is 6. The zero-order valence-electron chi connectivity index (χ0n) is 16.3. The number of anilines is 1. The largest absolute Gasteiger partial charge is 0.586 e. The number of carbonyl (C=O) groups is 1. The van der Waals surface area contributed by atoms with Crippen molar-refractivity contribution in [1.29, 1.82) is 0 Å². The molecule has 0 spiro atoms. The van der Waals surface area contributed by atoms with E-state index in [0.717, 1.165) is 11.8 Å². The molecule has 2 aromatic carbocycles. The SMILES string of the molecule is CC(C)n1c(SCC(=O)Nc2ccc3c(c2)OC(F)(F)O3)nc2cc(Cl)ccc2c1=O. The van der Waals surface area contributed by atoms with Crippen molar-refractivity contribution in [3.63, 3.8) is 0 Å². The van der Waals surface area contributed by atoms with Crippen molar-refractivity contribution >= 4 is 45.9 Å². The summed E-state index contributed by atoms with van der Waals surface area (Å²) < 4.78 is 36.5. The number of alkyl halides is 2. The molecule has 1 amide bonds. The second-order valence-corrected chi connectivity index (χ2v) is 8.37. The molecule has 0 bridgehead atoms. The van der Waals surface area contributed by atoms with Gasteiger partial charge in [0.25, 0.3) is 5.56 Å². The van der Waals surface area contributed by atoms with Gasteiger partial charge in [0.2, 0.25) is 5.91 Å². The van der Waals surface area contributed by atoms with Crippen molar-refractivity contribution in [2.24, 2.45) is 0 Å². The van der Waals surface area contributed by atoms with Crippen molar-refractivity contribution in [3.05, 3.63) is 51.8 Å². The normalized spacial score (nSPS) is 14.3. The number of ether oxygens (including phenoxy) is 2. The van der Waals surface area contributed by atoms with Crippen LogP contribution in [-0.2, 0) is 4.79 Å². The first-order chi connectivity index (χ1) is 14.6. The van der Waals surface area contributed by atoms with E-state index < -0.39 is 12.2 Å². The Kier molecular flexibility index (Phi) is 5.52. The molecule has 0 aliphatic carbocycles. The second-order valence-electron chi connectivity index (χ2n) is 6.99. The zero-order chi connectivity index (χ0) is 22.3. The maximum Gasteiger partial charge on any atom is 0.586 e. The van der Waals surface area contributed by atoms with Crippen LogP contribution in [0.15, 0.2) is 46.3 Å². The number of nitrogens with one attached hydrogen (secondary N) is 1. The fraction of sp³-hybridized carbons (Fsp3) is 0.250. The highest BCUT2D eigenvalue weighted by atomic mass is 35.5. The number of benzene rings is 2. The van der Waals surface area contributed by atoms with Crippen LogP contribution >= 0.6 is 23.4 Å². The topological polar surface area (TPSA) is 82.5 Å². The summed E-state index contributed by atoms with van der Waals surface area (Å²) >= 11 is 7.10. The molecule has 0 atom stereocenters. The standard InChI is InChI=1S/C20H16ClF2N3O4S/c1-10(2)26-18(28)13-5-3-11(21)7-14(13)25-19(26)31-9-17(27)24-12-4-6-15-16(8-12)30-20(22,23)29-15/h3-8,10H,9H2,1-2H3,(H,24,27). The molecule has 1 aromatic heterocycles. The average molecular weight is 468 g/mol. The molecule has 1 aliphatic heterocycles. The minimum atomic E-state index is -3.73. The second kappa shape index (κ2) is 8.01. The van der Waals surface area contributed by atoms with Crippen molar-refractivity contribution in [3.8, 4) is 11.5 Å². The van der Waals surface area contributed by atoms with Crippen LogP contribution in [0.25, 0.3) is 10.9 Å². The van der Waals surface area contributed by atoms with Crippen LogP contribution in [0, 0.1) is 0 Å². The van der Waals surface area contributed by atoms with Crippen molar-refractivity contribution in [2.75, 3.05) is 11.1 Å². The maximum atomic E-state index is 13.1. The average Bonchev–Trinajstić information content (AvgIpc) is 2.98. The minimum Gasteiger partial charge on any atom is -0.395 e. The van der Waals surface area contributed by atoms with Gasteiger partial charge in [0.1, 0.15) is 0 Å². The number of fused-ring (bicyclic) bond motifs is 2. The van der Waals surface area contributed by atoms with Crippen molar-refractivity contribution < 1.29 is 23.0 Å². The maximum absolute atomic E-state index is 13.1. The summed E-state index contributed by atoms with van der Waals surface area (Å²) in [5.41, 5.74) is 0.482. The first kappa shape index (κ1) is 21.4. The molecule has 0 saturated heterocycles. The minimum absolute atomic E-state index is 0.0597. The van der Waals surface area contributed by atoms with E-state index >= 15 is 0 Å². The van der Waals surface area contributed by atoms with Gasteiger partial charge in [-0.15, -0.1) is 8.78 Å². The van der Waals surface area contributed by atoms with Gasteiger partial charge in [0.15, 0.2) is 16.7 Å². The molecule has 3 aromatic rings. The monoisotopic (exact) mass is 467 g/mol. The molecule has 1 aliphatic rings. The molecule has 11 heteroatoms. The number of hydrogen-bond donors (Lipinski definition) is 1. The van der Waals surface area contributed by atoms with Gasteiger partial charge in [0, 0.05) is 22.8 Å². The molecule has 0 unspecified atom stereocenters. The van der Waals surface area contributed by atoms with E-state index in [9.17, 15) is 18.4 Å². The molecule has 31 heavy (non-hydrogen) atoms. The number of aromatic nitrogens is 2. The van der Waals surface area contributed by atoms with E-state index in [-0.39, 0.29) is 34.5 Å². The number of carbonyl (C=O) groups excluding carboxylic acids is 1. The third-order valence-electron chi connectivity index (χ3n) is 4.36. The number of rotatable bonds is 5. The Morgan fingerprint density at radius 2 is 1.97 bits per heavy atom. The van der Waals surface area contributed by atoms with Gasteiger partial charge in [-0.3, -0.25) is 14.2 Å². The molecular weight excluding hydrogens is 452 g/mol. The van der Waals surface area contributed by atoms with Gasteiger partial charge in [-0.2, -0.15) is 0 Å². The van der Waals surface area contributed by atoms with Crippen LogP contribution in [0.1, 0.15) is 19.9 Å². The predicted octanol–water partition coefficient (Wildman–Crippen LogP) is 4.68. The van der Waals surface area contributed by atoms with Gasteiger partial charge >= 0.3 is 6.29 Å². The first-order valence-electron chi connectivity index (χ1n) is 9.17. The number of thioether (sulfide) groups is 1. The molecule has 2 heterocycles. The molecule has 0 radical (unpaired) electrons. The predicted molar refractivity (Wildman–Crippen MR) is 113 cm³/mol. The van der Waals surface area contributed by atoms with E-state index in [0.29, 0.717) is 21.1 Å². The lowest BCUT2D eigenvalue weighted by molar-refractivity contribution is -0.286. The molecule has 0 fully saturated rings. The highest BCUT2D eigenvalue weighted by Gasteiger charge is 2.43. The van der Waals surface area contributed by atoms with E-state index in [2.05, 4.69) is 19.8 Å². The van der Waals surface area contributed by atoms with E-state index in [1.807, 2.05) is 13.8 Å². The number of nitrogens with zero attached hydrogens (tertiary/aromatic N) is 2. The van der Waals surface area contributed by atoms with Crippen LogP contribution in [0.2, 0.25) is 5.02 Å². The van der Waals surface area contributed by atoms with Crippen LogP contribution in [-0.4, -0.2) is 27.5 Å². The van der Waals surface area contributed by atoms with Gasteiger partial charge in [0.05, 0.1) is 16.7 Å². The molecule has 162 valence electrons. The van der Waals surface area contributed by atoms with E-state index in [4.69, 9.17) is 11.6 Å². The summed E-state index contributed by atoms with van der Waals surface area (Å²) in [6.45, 7) is 3.69. The summed E-state index contributed by atoms with van der Waals surface area (Å²) in [5.74, 6) is -0.753. The lowest BCUT2D eigenvalue weighted by Gasteiger charge is -2.16. The Hall–Kier alpha value is -2.85. The summed E-state index contributed by atoms with van der Waals surface area (Å²) in [6, 6.07) is 8.61. The number of amides is 1. The lowest BCUT2D eigenvalue weighted by Crippen LogP contribution is -2.26. The van der Waals surface area contributed by atoms with Crippen LogP contribution in [0.3, 0.4) is 0 Å². The smallest absolute Gasteiger partial charge is 0.395 e. The molecule has 7 nitrogen and oxygen atoms in total. The highest BCUT2D eigenvalue weighted by Crippen LogP contribution is 2.42. The van der Waals surface area contributed by atoms with Crippen molar-refractivity contribution in [1.82, 2.24) is 9.55 Å². The Morgan fingerprint density at radius 3 is 2.71 bits per heavy atom. The molecule has 0 saturated carbocycles. The zero-order valence-corrected chi connectivity index (χ0v) is 17.9. The van der Waals surface area contributed by atoms with Gasteiger partial charge in [-0.25, -0.2) is 4.98 Å². The molecular formula is C20H16ClF2N3O4S. The Balaban J connectivity index is 1.52. The van der Waals surface area contributed by atoms with Gasteiger partial charge in [-0.1, -0.05) is 23.4 Å². The third kappa shape index (κ3) is 4.45. The molecule has 4 rings (SSSR count). The summed E-state index contributed by atoms with van der Waals surface area (Å²) in [4.78, 5) is 29.8. The summed E-state index contributed by atoms with van der Waals surface area (Å²) in [7, 11) is 0. The Labute approximate surface area is 184 Å². The van der Waals surface area contributed by atoms with Crippen molar-refractivity contribution in [2.45, 2.75) is 31.3 Å². The summed E-state index contributed by atoms with van der Waals surface area (Å²) in [5, 5.41) is 3.86. The summed E-state index contributed by atoms with van der Waals surface area (Å²) in [6.07, 6.45) is -3.73. The van der Waals surface area contributed by atoms with Gasteiger partial charge in [-0.05, 0) is 44.2 Å². The van der Waals surface area contributed by atoms with Crippen LogP contribution < -0.4 is 20.3 Å². The Bertz CT molecular complexity index is 1250. The fourth-order valence-electron chi connectivity index (χ4n) is 3.06. The fourth-order valence-corrected chi connectivity index (χ4v) is 4.16. The quantitative estimate of drug-likeness (QED) is 0.433. The van der Waals surface area contributed by atoms with Gasteiger partial charge < -0.3 is 14.8 Å². The lowest BCUT2D eigenvalue weighted by atomic mass is 10.2. The molecule has 1 N–H and O–H groups in total. The van der Waals surface area contributed by atoms with E-state index in [1.165, 1.54) is 22.8 Å². The first-order valence-corrected chi connectivity index (χ1v) is 10.5. The third-order valence-corrected chi connectivity index (χ3v) is 5.55. The number of halogens is 3. The van der Waals surface area contributed by atoms with Crippen LogP contribution in [0.5, 0.6) is 11.5 Å².